The molecule has 0 unspecified atom stereocenters. The number of anilines is 1. The van der Waals surface area contributed by atoms with Crippen LogP contribution in [0.4, 0.5) is 5.69 Å². The van der Waals surface area contributed by atoms with Crippen molar-refractivity contribution in [2.24, 2.45) is 0 Å². The van der Waals surface area contributed by atoms with Gasteiger partial charge in [0.05, 0.1) is 5.69 Å². The zero-order valence-corrected chi connectivity index (χ0v) is 18.9. The molecule has 4 heteroatoms. The summed E-state index contributed by atoms with van der Waals surface area (Å²) in [5.41, 5.74) is 1.29. The van der Waals surface area contributed by atoms with Gasteiger partial charge in [-0.1, -0.05) is 48.5 Å². The molecular formula is C20H20I2NP. The monoisotopic (exact) mass is 559 g/mol. The number of halogens is 2. The molecule has 0 aliphatic rings. The summed E-state index contributed by atoms with van der Waals surface area (Å²) >= 11 is 2.72. The van der Waals surface area contributed by atoms with Crippen molar-refractivity contribution in [1.82, 2.24) is 0 Å². The lowest BCUT2D eigenvalue weighted by Gasteiger charge is -2.25. The Morgan fingerprint density at radius 3 is 1.54 bits per heavy atom. The first-order chi connectivity index (χ1) is 11.1. The van der Waals surface area contributed by atoms with Crippen molar-refractivity contribution < 1.29 is 24.0 Å². The van der Waals surface area contributed by atoms with Crippen LogP contribution in [0.25, 0.3) is 0 Å². The fraction of sp³-hybridized carbons (Fsp3) is 0.100. The zero-order chi connectivity index (χ0) is 16.3. The standard InChI is InChI=1S/C20H20INP.HI/c1-22(2)19-15-9-10-16-20(19)23(21,17-11-5-3-6-12-17)18-13-7-4-8-14-18;/h3-16H,1-2H3;1H/q+1;/p-1. The molecular weight excluding hydrogens is 539 g/mol. The molecule has 0 aromatic heterocycles. The van der Waals surface area contributed by atoms with Crippen molar-refractivity contribution in [3.63, 3.8) is 0 Å². The third kappa shape index (κ3) is 3.78. The molecule has 0 atom stereocenters. The van der Waals surface area contributed by atoms with E-state index < -0.39 is 4.90 Å². The molecule has 0 saturated carbocycles. The van der Waals surface area contributed by atoms with E-state index in [0.29, 0.717) is 0 Å². The fourth-order valence-electron chi connectivity index (χ4n) is 2.80. The van der Waals surface area contributed by atoms with Crippen LogP contribution < -0.4 is 44.8 Å². The van der Waals surface area contributed by atoms with E-state index in [2.05, 4.69) is 126 Å². The largest absolute Gasteiger partial charge is 1.00 e. The van der Waals surface area contributed by atoms with Crippen LogP contribution in [0.5, 0.6) is 0 Å². The van der Waals surface area contributed by atoms with Crippen molar-refractivity contribution in [3.05, 3.63) is 84.9 Å². The minimum atomic E-state index is -1.69. The summed E-state index contributed by atoms with van der Waals surface area (Å²) in [5, 5.41) is 4.23. The Kier molecular flexibility index (Phi) is 7.08. The SMILES string of the molecule is CN(C)c1ccccc1[P+](I)(c1ccccc1)c1ccccc1.[I-]. The lowest BCUT2D eigenvalue weighted by atomic mass is 10.3. The maximum atomic E-state index is 2.72. The minimum absolute atomic E-state index is 0. The molecule has 0 bridgehead atoms. The first-order valence-electron chi connectivity index (χ1n) is 7.61. The van der Waals surface area contributed by atoms with Gasteiger partial charge in [0.15, 0.2) is 26.9 Å². The van der Waals surface area contributed by atoms with Gasteiger partial charge >= 0.3 is 0 Å². The highest BCUT2D eigenvalue weighted by molar-refractivity contribution is 14.2. The smallest absolute Gasteiger partial charge is 0.174 e. The summed E-state index contributed by atoms with van der Waals surface area (Å²) < 4.78 is 0. The van der Waals surface area contributed by atoms with E-state index >= 15 is 0 Å². The van der Waals surface area contributed by atoms with E-state index in [-0.39, 0.29) is 24.0 Å². The quantitative estimate of drug-likeness (QED) is 0.346. The Balaban J connectivity index is 0.00000208. The topological polar surface area (TPSA) is 3.24 Å². The van der Waals surface area contributed by atoms with Crippen LogP contribution in [-0.4, -0.2) is 14.1 Å². The second kappa shape index (κ2) is 8.63. The van der Waals surface area contributed by atoms with E-state index in [9.17, 15) is 0 Å². The molecule has 3 aromatic rings. The molecule has 0 spiro atoms. The summed E-state index contributed by atoms with van der Waals surface area (Å²) in [4.78, 5) is 0.527. The van der Waals surface area contributed by atoms with Crippen LogP contribution in [-0.2, 0) is 0 Å². The highest BCUT2D eigenvalue weighted by atomic mass is 127. The van der Waals surface area contributed by atoms with E-state index in [1.54, 1.807) is 0 Å². The van der Waals surface area contributed by atoms with Crippen LogP contribution in [0.1, 0.15) is 0 Å². The Morgan fingerprint density at radius 1 is 0.667 bits per heavy atom. The molecule has 0 aliphatic carbocycles. The van der Waals surface area contributed by atoms with Crippen molar-refractivity contribution in [1.29, 1.82) is 0 Å². The van der Waals surface area contributed by atoms with Gasteiger partial charge in [0.25, 0.3) is 0 Å². The predicted molar refractivity (Wildman–Crippen MR) is 113 cm³/mol. The van der Waals surface area contributed by atoms with Gasteiger partial charge in [-0.2, -0.15) is 0 Å². The van der Waals surface area contributed by atoms with Gasteiger partial charge in [0.2, 0.25) is 0 Å². The minimum Gasteiger partial charge on any atom is -1.00 e. The molecule has 0 heterocycles. The van der Waals surface area contributed by atoms with Crippen LogP contribution >= 0.6 is 26.9 Å². The number of rotatable bonds is 4. The average Bonchev–Trinajstić information content (AvgIpc) is 2.62. The maximum Gasteiger partial charge on any atom is 0.174 e. The Morgan fingerprint density at radius 2 is 1.08 bits per heavy atom. The van der Waals surface area contributed by atoms with Crippen molar-refractivity contribution in [2.75, 3.05) is 19.0 Å². The Labute approximate surface area is 175 Å². The van der Waals surface area contributed by atoms with Gasteiger partial charge in [-0.25, -0.2) is 0 Å². The van der Waals surface area contributed by atoms with Gasteiger partial charge in [0, 0.05) is 14.1 Å². The van der Waals surface area contributed by atoms with Crippen molar-refractivity contribution in [2.45, 2.75) is 0 Å². The first-order valence-corrected chi connectivity index (χ1v) is 12.2. The number of para-hydroxylation sites is 1. The zero-order valence-electron chi connectivity index (χ0n) is 13.7. The average molecular weight is 559 g/mol. The number of benzene rings is 3. The first kappa shape index (κ1) is 19.7. The van der Waals surface area contributed by atoms with E-state index in [1.807, 2.05) is 0 Å². The van der Waals surface area contributed by atoms with Gasteiger partial charge < -0.3 is 28.9 Å². The van der Waals surface area contributed by atoms with Gasteiger partial charge in [0.1, 0.15) is 15.9 Å². The molecule has 124 valence electrons. The molecule has 0 radical (unpaired) electrons. The van der Waals surface area contributed by atoms with E-state index in [4.69, 9.17) is 0 Å². The highest BCUT2D eigenvalue weighted by Crippen LogP contribution is 2.64. The van der Waals surface area contributed by atoms with Crippen LogP contribution in [0, 0.1) is 0 Å². The van der Waals surface area contributed by atoms with Gasteiger partial charge in [-0.05, 0) is 36.4 Å². The second-order valence-corrected chi connectivity index (χ2v) is 12.7. The Bertz CT molecular complexity index is 736. The van der Waals surface area contributed by atoms with E-state index in [0.717, 1.165) is 0 Å². The summed E-state index contributed by atoms with van der Waals surface area (Å²) in [6.07, 6.45) is 0. The molecule has 1 nitrogen and oxygen atoms in total. The molecule has 0 fully saturated rings. The van der Waals surface area contributed by atoms with Crippen LogP contribution in [0.15, 0.2) is 84.9 Å². The third-order valence-electron chi connectivity index (χ3n) is 3.92. The second-order valence-electron chi connectivity index (χ2n) is 5.64. The summed E-state index contributed by atoms with van der Waals surface area (Å²) in [6.45, 7) is 0. The normalized spacial score (nSPS) is 10.8. The van der Waals surface area contributed by atoms with Gasteiger partial charge in [-0.3, -0.25) is 0 Å². The molecule has 0 saturated heterocycles. The third-order valence-corrected chi connectivity index (χ3v) is 11.9. The van der Waals surface area contributed by atoms with Crippen molar-refractivity contribution >= 4 is 48.5 Å². The molecule has 24 heavy (non-hydrogen) atoms. The lowest BCUT2D eigenvalue weighted by Crippen LogP contribution is -3.00. The summed E-state index contributed by atoms with van der Waals surface area (Å²) in [7, 11) is 4.24. The highest BCUT2D eigenvalue weighted by Gasteiger charge is 2.45. The lowest BCUT2D eigenvalue weighted by molar-refractivity contribution is -0.00000434. The summed E-state index contributed by atoms with van der Waals surface area (Å²) in [6, 6.07) is 30.6. The Hall–Kier alpha value is -0.650. The molecule has 3 aromatic carbocycles. The number of hydrogen-bond acceptors (Lipinski definition) is 1. The fourth-order valence-corrected chi connectivity index (χ4v) is 8.85. The van der Waals surface area contributed by atoms with E-state index in [1.165, 1.54) is 21.6 Å². The molecule has 0 aliphatic heterocycles. The molecule has 0 amide bonds. The van der Waals surface area contributed by atoms with Crippen LogP contribution in [0.2, 0.25) is 0 Å². The number of hydrogen-bond donors (Lipinski definition) is 0. The molecule has 3 rings (SSSR count). The predicted octanol–water partition coefficient (Wildman–Crippen LogP) is 1.40. The van der Waals surface area contributed by atoms with Crippen molar-refractivity contribution in [3.8, 4) is 0 Å². The van der Waals surface area contributed by atoms with Crippen LogP contribution in [0.3, 0.4) is 0 Å². The number of nitrogens with zero attached hydrogens (tertiary/aromatic N) is 1. The molecule has 0 N–H and O–H groups in total. The summed E-state index contributed by atoms with van der Waals surface area (Å²) in [5.74, 6) is 0. The van der Waals surface area contributed by atoms with Gasteiger partial charge in [-0.15, -0.1) is 0 Å². The maximum absolute atomic E-state index is 2.72.